The fourth-order valence-corrected chi connectivity index (χ4v) is 0.810. The van der Waals surface area contributed by atoms with Gasteiger partial charge in [0.15, 0.2) is 0 Å². The number of aromatic nitrogens is 2. The number of hydrogen-bond donors (Lipinski definition) is 2. The summed E-state index contributed by atoms with van der Waals surface area (Å²) in [5.41, 5.74) is 0.927. The Labute approximate surface area is 78.9 Å². The van der Waals surface area contributed by atoms with Gasteiger partial charge in [-0.1, -0.05) is 15.9 Å². The van der Waals surface area contributed by atoms with Crippen LogP contribution < -0.4 is 5.32 Å². The fourth-order valence-electron chi connectivity index (χ4n) is 0.696. The summed E-state index contributed by atoms with van der Waals surface area (Å²) in [7, 11) is 0. The summed E-state index contributed by atoms with van der Waals surface area (Å²) < 4.78 is 0. The molecule has 0 saturated carbocycles. The summed E-state index contributed by atoms with van der Waals surface area (Å²) in [6, 6.07) is 0. The molecule has 1 rings (SSSR count). The van der Waals surface area contributed by atoms with E-state index in [9.17, 15) is 4.79 Å². The van der Waals surface area contributed by atoms with Gasteiger partial charge in [0.05, 0.1) is 11.0 Å². The fraction of sp³-hybridized carbons (Fsp3) is 0.429. The lowest BCUT2D eigenvalue weighted by Crippen LogP contribution is -2.20. The van der Waals surface area contributed by atoms with Crippen LogP contribution in [0.3, 0.4) is 0 Å². The maximum atomic E-state index is 11.2. The predicted octanol–water partition coefficient (Wildman–Crippen LogP) is 1.44. The van der Waals surface area contributed by atoms with E-state index in [1.54, 1.807) is 13.1 Å². The van der Waals surface area contributed by atoms with Crippen molar-refractivity contribution in [2.75, 3.05) is 5.32 Å². The van der Waals surface area contributed by atoms with Crippen molar-refractivity contribution < 1.29 is 4.79 Å². The highest BCUT2D eigenvalue weighted by Gasteiger charge is 2.10. The van der Waals surface area contributed by atoms with Crippen molar-refractivity contribution in [2.45, 2.75) is 18.7 Å². The third-order valence-corrected chi connectivity index (χ3v) is 1.85. The van der Waals surface area contributed by atoms with Crippen molar-refractivity contribution in [1.29, 1.82) is 0 Å². The number of rotatable bonds is 2. The van der Waals surface area contributed by atoms with Gasteiger partial charge >= 0.3 is 0 Å². The van der Waals surface area contributed by atoms with Crippen LogP contribution in [0.25, 0.3) is 0 Å². The second kappa shape index (κ2) is 3.71. The number of carbonyl (C=O) groups is 1. The highest BCUT2D eigenvalue weighted by molar-refractivity contribution is 9.10. The SMILES string of the molecule is Cc1cn[nH]c1NC(=O)C(C)Br. The highest BCUT2D eigenvalue weighted by atomic mass is 79.9. The number of aromatic amines is 1. The van der Waals surface area contributed by atoms with Gasteiger partial charge in [0.25, 0.3) is 0 Å². The molecule has 1 aromatic rings. The highest BCUT2D eigenvalue weighted by Crippen LogP contribution is 2.10. The molecule has 1 atom stereocenters. The zero-order valence-electron chi connectivity index (χ0n) is 6.89. The lowest BCUT2D eigenvalue weighted by atomic mass is 10.3. The van der Waals surface area contributed by atoms with Gasteiger partial charge in [-0.25, -0.2) is 0 Å². The average molecular weight is 232 g/mol. The second-order valence-corrected chi connectivity index (χ2v) is 3.91. The van der Waals surface area contributed by atoms with Gasteiger partial charge in [-0.15, -0.1) is 0 Å². The maximum Gasteiger partial charge on any atom is 0.239 e. The van der Waals surface area contributed by atoms with Crippen LogP contribution in [0, 0.1) is 6.92 Å². The molecule has 1 amide bonds. The summed E-state index contributed by atoms with van der Waals surface area (Å²) in [5.74, 6) is 0.577. The Hall–Kier alpha value is -0.840. The Morgan fingerprint density at radius 3 is 2.92 bits per heavy atom. The lowest BCUT2D eigenvalue weighted by Gasteiger charge is -2.04. The van der Waals surface area contributed by atoms with E-state index in [0.29, 0.717) is 5.82 Å². The zero-order chi connectivity index (χ0) is 9.14. The Morgan fingerprint density at radius 1 is 1.83 bits per heavy atom. The van der Waals surface area contributed by atoms with Crippen molar-refractivity contribution in [3.8, 4) is 0 Å². The van der Waals surface area contributed by atoms with Gasteiger partial charge in [0, 0.05) is 5.56 Å². The normalized spacial score (nSPS) is 12.6. The van der Waals surface area contributed by atoms with E-state index in [2.05, 4.69) is 31.4 Å². The number of nitrogens with zero attached hydrogens (tertiary/aromatic N) is 1. The van der Waals surface area contributed by atoms with Crippen molar-refractivity contribution in [3.05, 3.63) is 11.8 Å². The molecule has 0 bridgehead atoms. The minimum Gasteiger partial charge on any atom is -0.310 e. The van der Waals surface area contributed by atoms with E-state index in [4.69, 9.17) is 0 Å². The number of nitrogens with one attached hydrogen (secondary N) is 2. The molecule has 1 unspecified atom stereocenters. The number of hydrogen-bond acceptors (Lipinski definition) is 2. The molecular formula is C7H10BrN3O. The molecule has 0 saturated heterocycles. The molecule has 4 nitrogen and oxygen atoms in total. The minimum atomic E-state index is -0.194. The van der Waals surface area contributed by atoms with Crippen LogP contribution in [-0.2, 0) is 4.79 Å². The molecule has 1 heterocycles. The van der Waals surface area contributed by atoms with Crippen LogP contribution in [0.1, 0.15) is 12.5 Å². The summed E-state index contributed by atoms with van der Waals surface area (Å²) in [6.45, 7) is 3.64. The van der Waals surface area contributed by atoms with Crippen LogP contribution >= 0.6 is 15.9 Å². The molecule has 1 aromatic heterocycles. The van der Waals surface area contributed by atoms with Crippen LogP contribution in [0.4, 0.5) is 5.82 Å². The third-order valence-electron chi connectivity index (χ3n) is 1.44. The lowest BCUT2D eigenvalue weighted by molar-refractivity contribution is -0.115. The summed E-state index contributed by atoms with van der Waals surface area (Å²) in [4.78, 5) is 11.0. The number of alkyl halides is 1. The first-order valence-electron chi connectivity index (χ1n) is 3.56. The van der Waals surface area contributed by atoms with Crippen molar-refractivity contribution in [2.24, 2.45) is 0 Å². The number of halogens is 1. The molecule has 0 spiro atoms. The Morgan fingerprint density at radius 2 is 2.50 bits per heavy atom. The molecule has 0 aliphatic rings. The Kier molecular flexibility index (Phi) is 2.86. The summed E-state index contributed by atoms with van der Waals surface area (Å²) in [5, 5.41) is 9.15. The number of H-pyrrole nitrogens is 1. The molecule has 0 radical (unpaired) electrons. The predicted molar refractivity (Wildman–Crippen MR) is 50.3 cm³/mol. The van der Waals surface area contributed by atoms with Crippen LogP contribution in [0.15, 0.2) is 6.20 Å². The smallest absolute Gasteiger partial charge is 0.239 e. The molecule has 66 valence electrons. The van der Waals surface area contributed by atoms with Gasteiger partial charge in [0.2, 0.25) is 5.91 Å². The van der Waals surface area contributed by atoms with E-state index in [-0.39, 0.29) is 10.7 Å². The first kappa shape index (κ1) is 9.25. The monoisotopic (exact) mass is 231 g/mol. The molecule has 0 aliphatic carbocycles. The number of anilines is 1. The van der Waals surface area contributed by atoms with E-state index < -0.39 is 0 Å². The first-order valence-corrected chi connectivity index (χ1v) is 4.47. The molecule has 5 heteroatoms. The summed E-state index contributed by atoms with van der Waals surface area (Å²) in [6.07, 6.45) is 1.66. The van der Waals surface area contributed by atoms with E-state index >= 15 is 0 Å². The van der Waals surface area contributed by atoms with Gasteiger partial charge in [0.1, 0.15) is 5.82 Å². The van der Waals surface area contributed by atoms with E-state index in [0.717, 1.165) is 5.56 Å². The van der Waals surface area contributed by atoms with Crippen molar-refractivity contribution >= 4 is 27.7 Å². The van der Waals surface area contributed by atoms with E-state index in [1.807, 2.05) is 6.92 Å². The van der Waals surface area contributed by atoms with Gasteiger partial charge in [-0.05, 0) is 13.8 Å². The van der Waals surface area contributed by atoms with Gasteiger partial charge in [-0.3, -0.25) is 9.89 Å². The standard InChI is InChI=1S/C7H10BrN3O/c1-4-3-9-11-6(4)10-7(12)5(2)8/h3,5H,1-2H3,(H2,9,10,11,12). The van der Waals surface area contributed by atoms with Crippen LogP contribution in [-0.4, -0.2) is 20.9 Å². The quantitative estimate of drug-likeness (QED) is 0.758. The number of amides is 1. The Bertz CT molecular complexity index is 282. The van der Waals surface area contributed by atoms with Crippen LogP contribution in [0.5, 0.6) is 0 Å². The minimum absolute atomic E-state index is 0.0812. The largest absolute Gasteiger partial charge is 0.310 e. The molecule has 0 aromatic carbocycles. The van der Waals surface area contributed by atoms with Gasteiger partial charge in [-0.2, -0.15) is 5.10 Å². The third kappa shape index (κ3) is 2.07. The zero-order valence-corrected chi connectivity index (χ0v) is 8.47. The van der Waals surface area contributed by atoms with Crippen LogP contribution in [0.2, 0.25) is 0 Å². The topological polar surface area (TPSA) is 57.8 Å². The Balaban J connectivity index is 2.64. The molecule has 0 fully saturated rings. The van der Waals surface area contributed by atoms with Crippen molar-refractivity contribution in [3.63, 3.8) is 0 Å². The maximum absolute atomic E-state index is 11.2. The molecule has 12 heavy (non-hydrogen) atoms. The number of aryl methyl sites for hydroxylation is 1. The number of carbonyl (C=O) groups excluding carboxylic acids is 1. The van der Waals surface area contributed by atoms with E-state index in [1.165, 1.54) is 0 Å². The summed E-state index contributed by atoms with van der Waals surface area (Å²) >= 11 is 3.16. The second-order valence-electron chi connectivity index (χ2n) is 2.53. The molecule has 0 aliphatic heterocycles. The molecule has 2 N–H and O–H groups in total. The van der Waals surface area contributed by atoms with Crippen molar-refractivity contribution in [1.82, 2.24) is 10.2 Å². The average Bonchev–Trinajstić information content (AvgIpc) is 2.36. The molecular weight excluding hydrogens is 222 g/mol. The first-order chi connectivity index (χ1) is 5.61. The van der Waals surface area contributed by atoms with Gasteiger partial charge < -0.3 is 5.32 Å².